The first-order valence-electron chi connectivity index (χ1n) is 6.79. The number of hydrogen-bond donors (Lipinski definition) is 2. The number of rotatable bonds is 2. The summed E-state index contributed by atoms with van der Waals surface area (Å²) in [6.45, 7) is 1.01. The normalized spacial score (nSPS) is 33.2. The smallest absolute Gasteiger partial charge is 0.307 e. The van der Waals surface area contributed by atoms with E-state index in [1.807, 2.05) is 0 Å². The van der Waals surface area contributed by atoms with E-state index in [0.29, 0.717) is 25.9 Å². The molecule has 0 spiro atoms. The van der Waals surface area contributed by atoms with Gasteiger partial charge in [0.15, 0.2) is 0 Å². The Balaban J connectivity index is 2.03. The maximum atomic E-state index is 12.4. The zero-order chi connectivity index (χ0) is 13.1. The summed E-state index contributed by atoms with van der Waals surface area (Å²) in [5, 5.41) is 18.8. The zero-order valence-electron chi connectivity index (χ0n) is 10.5. The van der Waals surface area contributed by atoms with Crippen LogP contribution in [0.3, 0.4) is 0 Å². The van der Waals surface area contributed by atoms with Gasteiger partial charge < -0.3 is 15.1 Å². The van der Waals surface area contributed by atoms with Gasteiger partial charge in [-0.25, -0.2) is 0 Å². The Bertz CT molecular complexity index is 331. The van der Waals surface area contributed by atoms with Gasteiger partial charge in [0.2, 0.25) is 5.91 Å². The van der Waals surface area contributed by atoms with Crippen LogP contribution in [0.1, 0.15) is 38.5 Å². The highest BCUT2D eigenvalue weighted by Crippen LogP contribution is 2.32. The Labute approximate surface area is 107 Å². The molecule has 5 nitrogen and oxygen atoms in total. The van der Waals surface area contributed by atoms with Crippen LogP contribution in [0.4, 0.5) is 0 Å². The van der Waals surface area contributed by atoms with Gasteiger partial charge in [0.05, 0.1) is 17.9 Å². The Morgan fingerprint density at radius 3 is 2.28 bits per heavy atom. The average molecular weight is 255 g/mol. The number of amides is 1. The van der Waals surface area contributed by atoms with E-state index in [1.54, 1.807) is 4.90 Å². The maximum absolute atomic E-state index is 12.4. The number of carbonyl (C=O) groups is 2. The number of piperidine rings is 1. The molecule has 5 heteroatoms. The Kier molecular flexibility index (Phi) is 4.22. The van der Waals surface area contributed by atoms with Crippen LogP contribution in [0.15, 0.2) is 0 Å². The lowest BCUT2D eigenvalue weighted by Gasteiger charge is -2.36. The summed E-state index contributed by atoms with van der Waals surface area (Å²) < 4.78 is 0. The van der Waals surface area contributed by atoms with Crippen LogP contribution in [0.2, 0.25) is 0 Å². The van der Waals surface area contributed by atoms with Crippen molar-refractivity contribution in [1.82, 2.24) is 4.90 Å². The first-order chi connectivity index (χ1) is 8.59. The molecular weight excluding hydrogens is 234 g/mol. The van der Waals surface area contributed by atoms with Gasteiger partial charge in [0, 0.05) is 13.1 Å². The van der Waals surface area contributed by atoms with Crippen molar-refractivity contribution >= 4 is 11.9 Å². The molecule has 18 heavy (non-hydrogen) atoms. The molecule has 2 fully saturated rings. The van der Waals surface area contributed by atoms with E-state index in [0.717, 1.165) is 25.7 Å². The summed E-state index contributed by atoms with van der Waals surface area (Å²) in [6, 6.07) is 0. The minimum atomic E-state index is -0.856. The van der Waals surface area contributed by atoms with Crippen molar-refractivity contribution in [3.05, 3.63) is 0 Å². The van der Waals surface area contributed by atoms with Crippen molar-refractivity contribution in [2.45, 2.75) is 44.6 Å². The molecular formula is C13H21NO4. The van der Waals surface area contributed by atoms with Crippen molar-refractivity contribution in [1.29, 1.82) is 0 Å². The predicted molar refractivity (Wildman–Crippen MR) is 64.9 cm³/mol. The van der Waals surface area contributed by atoms with E-state index in [9.17, 15) is 19.8 Å². The fraction of sp³-hybridized carbons (Fsp3) is 0.846. The molecule has 3 atom stereocenters. The molecule has 1 heterocycles. The van der Waals surface area contributed by atoms with Gasteiger partial charge >= 0.3 is 5.97 Å². The molecule has 1 saturated carbocycles. The van der Waals surface area contributed by atoms with E-state index >= 15 is 0 Å². The fourth-order valence-corrected chi connectivity index (χ4v) is 3.11. The third kappa shape index (κ3) is 2.83. The van der Waals surface area contributed by atoms with Crippen LogP contribution in [0.5, 0.6) is 0 Å². The quantitative estimate of drug-likeness (QED) is 0.767. The molecule has 0 aromatic rings. The summed E-state index contributed by atoms with van der Waals surface area (Å²) in [6.07, 6.45) is 4.17. The summed E-state index contributed by atoms with van der Waals surface area (Å²) in [7, 11) is 0. The minimum absolute atomic E-state index is 0.0687. The van der Waals surface area contributed by atoms with Crippen molar-refractivity contribution in [2.24, 2.45) is 11.8 Å². The molecule has 2 N–H and O–H groups in total. The third-order valence-electron chi connectivity index (χ3n) is 4.11. The number of β-amino-alcohol motifs (C(OH)–C–C–N with tert-alkyl or cyclic N) is 1. The van der Waals surface area contributed by atoms with E-state index in [1.165, 1.54) is 0 Å². The summed E-state index contributed by atoms with van der Waals surface area (Å²) in [5.41, 5.74) is 0. The SMILES string of the molecule is O=C(O)C1CCCCC1C(=O)N1CCC[C@H](O)C1. The van der Waals surface area contributed by atoms with Crippen LogP contribution in [0, 0.1) is 11.8 Å². The number of carbonyl (C=O) groups excluding carboxylic acids is 1. The molecule has 1 aliphatic carbocycles. The highest BCUT2D eigenvalue weighted by Gasteiger charge is 2.38. The Morgan fingerprint density at radius 2 is 1.67 bits per heavy atom. The van der Waals surface area contributed by atoms with Crippen LogP contribution >= 0.6 is 0 Å². The first-order valence-corrected chi connectivity index (χ1v) is 6.79. The van der Waals surface area contributed by atoms with E-state index in [-0.39, 0.29) is 11.8 Å². The van der Waals surface area contributed by atoms with Crippen LogP contribution in [-0.4, -0.2) is 46.2 Å². The Morgan fingerprint density at radius 1 is 1.00 bits per heavy atom. The molecule has 2 rings (SSSR count). The Hall–Kier alpha value is -1.10. The standard InChI is InChI=1S/C13H21NO4/c15-9-4-3-7-14(8-9)12(16)10-5-1-2-6-11(10)13(17)18/h9-11,15H,1-8H2,(H,17,18)/t9-,10?,11?/m0/s1. The molecule has 102 valence electrons. The molecule has 1 aliphatic heterocycles. The molecule has 0 bridgehead atoms. The summed E-state index contributed by atoms with van der Waals surface area (Å²) in [5.74, 6) is -1.85. The second-order valence-electron chi connectivity index (χ2n) is 5.42. The molecule has 0 aromatic carbocycles. The van der Waals surface area contributed by atoms with E-state index in [2.05, 4.69) is 0 Å². The number of carboxylic acids is 1. The molecule has 2 aliphatic rings. The van der Waals surface area contributed by atoms with Crippen molar-refractivity contribution in [3.63, 3.8) is 0 Å². The van der Waals surface area contributed by atoms with Crippen LogP contribution < -0.4 is 0 Å². The second kappa shape index (κ2) is 5.69. The third-order valence-corrected chi connectivity index (χ3v) is 4.11. The number of aliphatic hydroxyl groups excluding tert-OH is 1. The summed E-state index contributed by atoms with van der Waals surface area (Å²) >= 11 is 0. The number of aliphatic hydroxyl groups is 1. The van der Waals surface area contributed by atoms with E-state index in [4.69, 9.17) is 0 Å². The highest BCUT2D eigenvalue weighted by molar-refractivity contribution is 5.85. The number of hydrogen-bond acceptors (Lipinski definition) is 3. The number of aliphatic carboxylic acids is 1. The van der Waals surface area contributed by atoms with Gasteiger partial charge in [-0.1, -0.05) is 12.8 Å². The lowest BCUT2D eigenvalue weighted by molar-refractivity contribution is -0.153. The lowest BCUT2D eigenvalue weighted by Crippen LogP contribution is -2.48. The molecule has 1 amide bonds. The van der Waals surface area contributed by atoms with Crippen molar-refractivity contribution < 1.29 is 19.8 Å². The first kappa shape index (κ1) is 13.3. The number of carboxylic acid groups (broad SMARTS) is 1. The van der Waals surface area contributed by atoms with Crippen LogP contribution in [-0.2, 0) is 9.59 Å². The summed E-state index contributed by atoms with van der Waals surface area (Å²) in [4.78, 5) is 25.2. The monoisotopic (exact) mass is 255 g/mol. The van der Waals surface area contributed by atoms with Gasteiger partial charge in [0.25, 0.3) is 0 Å². The minimum Gasteiger partial charge on any atom is -0.481 e. The van der Waals surface area contributed by atoms with Gasteiger partial charge in [-0.2, -0.15) is 0 Å². The van der Waals surface area contributed by atoms with Gasteiger partial charge in [-0.3, -0.25) is 9.59 Å². The maximum Gasteiger partial charge on any atom is 0.307 e. The van der Waals surface area contributed by atoms with E-state index < -0.39 is 18.0 Å². The average Bonchev–Trinajstić information content (AvgIpc) is 2.38. The predicted octanol–water partition coefficient (Wildman–Crippen LogP) is 0.861. The highest BCUT2D eigenvalue weighted by atomic mass is 16.4. The zero-order valence-corrected chi connectivity index (χ0v) is 10.5. The molecule has 0 radical (unpaired) electrons. The van der Waals surface area contributed by atoms with Gasteiger partial charge in [-0.15, -0.1) is 0 Å². The second-order valence-corrected chi connectivity index (χ2v) is 5.42. The van der Waals surface area contributed by atoms with Crippen LogP contribution in [0.25, 0.3) is 0 Å². The molecule has 0 aromatic heterocycles. The lowest BCUT2D eigenvalue weighted by atomic mass is 9.78. The largest absolute Gasteiger partial charge is 0.481 e. The number of nitrogens with zero attached hydrogens (tertiary/aromatic N) is 1. The molecule has 2 unspecified atom stereocenters. The van der Waals surface area contributed by atoms with Crippen molar-refractivity contribution in [2.75, 3.05) is 13.1 Å². The van der Waals surface area contributed by atoms with Crippen molar-refractivity contribution in [3.8, 4) is 0 Å². The van der Waals surface area contributed by atoms with Gasteiger partial charge in [-0.05, 0) is 25.7 Å². The topological polar surface area (TPSA) is 77.8 Å². The van der Waals surface area contributed by atoms with Gasteiger partial charge in [0.1, 0.15) is 0 Å². The number of likely N-dealkylation sites (tertiary alicyclic amines) is 1. The molecule has 1 saturated heterocycles. The fourth-order valence-electron chi connectivity index (χ4n) is 3.11.